The van der Waals surface area contributed by atoms with Crippen molar-refractivity contribution in [3.05, 3.63) is 12.2 Å². The first-order chi connectivity index (χ1) is 2.27. The molecule has 0 spiro atoms. The molecule has 0 rings (SSSR count). The van der Waals surface area contributed by atoms with Crippen molar-refractivity contribution in [1.82, 2.24) is 0 Å². The highest BCUT2D eigenvalue weighted by Gasteiger charge is 1.74. The van der Waals surface area contributed by atoms with E-state index in [0.29, 0.717) is 0 Å². The second-order valence-electron chi connectivity index (χ2n) is 0.578. The van der Waals surface area contributed by atoms with Crippen molar-refractivity contribution in [2.75, 3.05) is 0 Å². The zero-order valence-electron chi connectivity index (χ0n) is 3.65. The molecule has 0 aliphatic heterocycles. The summed E-state index contributed by atoms with van der Waals surface area (Å²) in [5, 5.41) is 0. The van der Waals surface area contributed by atoms with Crippen LogP contribution >= 0.6 is 24.8 Å². The van der Waals surface area contributed by atoms with Gasteiger partial charge in [0.2, 0.25) is 0 Å². The average molecular weight is 151 g/mol. The molecule has 0 aliphatic rings. The van der Waals surface area contributed by atoms with E-state index in [1.165, 1.54) is 6.92 Å². The third-order valence-electron chi connectivity index (χ3n) is 0.218. The number of halogens is 4. The van der Waals surface area contributed by atoms with Gasteiger partial charge in [-0.15, -0.1) is 24.8 Å². The molecule has 0 aromatic carbocycles. The van der Waals surface area contributed by atoms with E-state index >= 15 is 0 Å². The third-order valence-corrected chi connectivity index (χ3v) is 0.218. The molecular weight excluding hydrogens is 145 g/mol. The molecule has 0 unspecified atom stereocenters. The minimum absolute atomic E-state index is 0. The van der Waals surface area contributed by atoms with Crippen LogP contribution in [0.15, 0.2) is 12.2 Å². The Morgan fingerprint density at radius 3 is 1.43 bits per heavy atom. The van der Waals surface area contributed by atoms with E-state index in [2.05, 4.69) is 0 Å². The number of hydrogen-bond donors (Lipinski definition) is 0. The Morgan fingerprint density at radius 2 is 1.43 bits per heavy atom. The molecule has 7 heavy (non-hydrogen) atoms. The minimum atomic E-state index is -1.62. The van der Waals surface area contributed by atoms with Gasteiger partial charge in [0.05, 0.1) is 0 Å². The van der Waals surface area contributed by atoms with Gasteiger partial charge in [0.15, 0.2) is 0 Å². The first kappa shape index (κ1) is 15.7. The first-order valence-electron chi connectivity index (χ1n) is 1.24. The summed E-state index contributed by atoms with van der Waals surface area (Å²) in [4.78, 5) is 0. The van der Waals surface area contributed by atoms with Crippen LogP contribution in [0.3, 0.4) is 0 Å². The monoisotopic (exact) mass is 150 g/mol. The standard InChI is InChI=1S/C3H4F2.2ClH/c1-2-3(4)5;;/h2H,1H3;2*1H. The lowest BCUT2D eigenvalue weighted by Crippen LogP contribution is -1.44. The molecule has 46 valence electrons. The highest BCUT2D eigenvalue weighted by Crippen LogP contribution is 1.92. The van der Waals surface area contributed by atoms with E-state index in [0.717, 1.165) is 6.08 Å². The van der Waals surface area contributed by atoms with Gasteiger partial charge in [-0.05, 0) is 13.0 Å². The SMILES string of the molecule is CC=C(F)F.Cl.Cl. The summed E-state index contributed by atoms with van der Waals surface area (Å²) in [6.07, 6.45) is -0.870. The van der Waals surface area contributed by atoms with Crippen molar-refractivity contribution in [3.63, 3.8) is 0 Å². The third kappa shape index (κ3) is 22.7. The van der Waals surface area contributed by atoms with Crippen LogP contribution in [-0.4, -0.2) is 0 Å². The maximum Gasteiger partial charge on any atom is 0.266 e. The molecule has 0 bridgehead atoms. The smallest absolute Gasteiger partial charge is 0.174 e. The van der Waals surface area contributed by atoms with Crippen LogP contribution in [0.5, 0.6) is 0 Å². The summed E-state index contributed by atoms with van der Waals surface area (Å²) >= 11 is 0. The van der Waals surface area contributed by atoms with Gasteiger partial charge in [-0.2, -0.15) is 8.78 Å². The highest BCUT2D eigenvalue weighted by molar-refractivity contribution is 5.85. The summed E-state index contributed by atoms with van der Waals surface area (Å²) in [6, 6.07) is 0. The number of hydrogen-bond acceptors (Lipinski definition) is 0. The minimum Gasteiger partial charge on any atom is -0.174 e. The largest absolute Gasteiger partial charge is 0.266 e. The van der Waals surface area contributed by atoms with Gasteiger partial charge >= 0.3 is 0 Å². The number of rotatable bonds is 0. The predicted molar refractivity (Wildman–Crippen MR) is 30.5 cm³/mol. The normalized spacial score (nSPS) is 5.00. The molecule has 0 N–H and O–H groups in total. The van der Waals surface area contributed by atoms with Crippen LogP contribution in [0.1, 0.15) is 6.92 Å². The molecular formula is C3H6Cl2F2. The molecule has 0 fully saturated rings. The van der Waals surface area contributed by atoms with E-state index in [9.17, 15) is 8.78 Å². The Bertz CT molecular complexity index is 48.9. The highest BCUT2D eigenvalue weighted by atomic mass is 35.5. The van der Waals surface area contributed by atoms with Gasteiger partial charge in [-0.3, -0.25) is 0 Å². The van der Waals surface area contributed by atoms with Crippen molar-refractivity contribution in [3.8, 4) is 0 Å². The van der Waals surface area contributed by atoms with Crippen molar-refractivity contribution >= 4 is 24.8 Å². The lowest BCUT2D eigenvalue weighted by molar-refractivity contribution is 0.420. The van der Waals surface area contributed by atoms with Crippen molar-refractivity contribution in [2.45, 2.75) is 6.92 Å². The summed E-state index contributed by atoms with van der Waals surface area (Å²) < 4.78 is 21.2. The Balaban J connectivity index is -0.0000000800. The molecule has 0 atom stereocenters. The van der Waals surface area contributed by atoms with E-state index in [4.69, 9.17) is 0 Å². The molecule has 0 aromatic rings. The second-order valence-corrected chi connectivity index (χ2v) is 0.578. The average Bonchev–Trinajstić information content (AvgIpc) is 1.38. The van der Waals surface area contributed by atoms with Gasteiger partial charge in [-0.1, -0.05) is 0 Å². The van der Waals surface area contributed by atoms with Crippen molar-refractivity contribution in [2.24, 2.45) is 0 Å². The topological polar surface area (TPSA) is 0 Å². The van der Waals surface area contributed by atoms with E-state index in [-0.39, 0.29) is 24.8 Å². The van der Waals surface area contributed by atoms with Crippen LogP contribution in [0, 0.1) is 0 Å². The maximum absolute atomic E-state index is 10.6. The summed E-state index contributed by atoms with van der Waals surface area (Å²) in [6.45, 7) is 1.29. The molecule has 0 amide bonds. The molecule has 4 heteroatoms. The molecule has 0 heterocycles. The van der Waals surface area contributed by atoms with Gasteiger partial charge in [0.25, 0.3) is 6.08 Å². The molecule has 0 radical (unpaired) electrons. The Hall–Kier alpha value is 0.180. The molecule has 0 aliphatic carbocycles. The van der Waals surface area contributed by atoms with Crippen molar-refractivity contribution < 1.29 is 8.78 Å². The van der Waals surface area contributed by atoms with Gasteiger partial charge in [-0.25, -0.2) is 0 Å². The van der Waals surface area contributed by atoms with Crippen LogP contribution in [-0.2, 0) is 0 Å². The lowest BCUT2D eigenvalue weighted by atomic mass is 10.7. The summed E-state index contributed by atoms with van der Waals surface area (Å²) in [7, 11) is 0. The predicted octanol–water partition coefficient (Wildman–Crippen LogP) is 2.63. The maximum atomic E-state index is 10.6. The van der Waals surface area contributed by atoms with Crippen molar-refractivity contribution in [1.29, 1.82) is 0 Å². The zero-order valence-corrected chi connectivity index (χ0v) is 5.28. The quantitative estimate of drug-likeness (QED) is 0.499. The molecule has 0 nitrogen and oxygen atoms in total. The van der Waals surface area contributed by atoms with Crippen LogP contribution < -0.4 is 0 Å². The van der Waals surface area contributed by atoms with E-state index in [1.807, 2.05) is 0 Å². The van der Waals surface area contributed by atoms with Gasteiger partial charge in [0, 0.05) is 0 Å². The van der Waals surface area contributed by atoms with E-state index in [1.54, 1.807) is 0 Å². The molecule has 0 saturated heterocycles. The molecule has 0 saturated carbocycles. The Morgan fingerprint density at radius 1 is 1.29 bits per heavy atom. The second kappa shape index (κ2) is 9.49. The first-order valence-corrected chi connectivity index (χ1v) is 1.24. The fraction of sp³-hybridized carbons (Fsp3) is 0.333. The van der Waals surface area contributed by atoms with Crippen LogP contribution in [0.4, 0.5) is 8.78 Å². The fourth-order valence-corrected chi connectivity index (χ4v) is 0. The van der Waals surface area contributed by atoms with Gasteiger partial charge in [0.1, 0.15) is 0 Å². The van der Waals surface area contributed by atoms with E-state index < -0.39 is 6.08 Å². The zero-order chi connectivity index (χ0) is 4.28. The van der Waals surface area contributed by atoms with Gasteiger partial charge < -0.3 is 0 Å². The Kier molecular flexibility index (Phi) is 21.3. The van der Waals surface area contributed by atoms with Crippen LogP contribution in [0.2, 0.25) is 0 Å². The lowest BCUT2D eigenvalue weighted by Gasteiger charge is -1.62. The Labute approximate surface area is 53.4 Å². The summed E-state index contributed by atoms with van der Waals surface area (Å²) in [5.74, 6) is 0. The summed E-state index contributed by atoms with van der Waals surface area (Å²) in [5.41, 5.74) is 0. The van der Waals surface area contributed by atoms with Crippen LogP contribution in [0.25, 0.3) is 0 Å². The molecule has 0 aromatic heterocycles. The number of allylic oxidation sites excluding steroid dienone is 1. The fourth-order valence-electron chi connectivity index (χ4n) is 0.